The Morgan fingerprint density at radius 2 is 1.90 bits per heavy atom. The fourth-order valence-corrected chi connectivity index (χ4v) is 2.37. The number of piperazine rings is 1. The van der Waals surface area contributed by atoms with Gasteiger partial charge in [0.2, 0.25) is 0 Å². The van der Waals surface area contributed by atoms with E-state index in [0.29, 0.717) is 13.1 Å². The van der Waals surface area contributed by atoms with Gasteiger partial charge in [0.05, 0.1) is 5.37 Å². The van der Waals surface area contributed by atoms with Crippen LogP contribution in [0.4, 0.5) is 4.79 Å². The number of amides is 4. The fraction of sp³-hybridized carbons (Fsp3) is 0.357. The van der Waals surface area contributed by atoms with Gasteiger partial charge >= 0.3 is 17.8 Å². The van der Waals surface area contributed by atoms with E-state index < -0.39 is 23.2 Å². The molecule has 6 nitrogen and oxygen atoms in total. The number of nitrogens with one attached hydrogen (secondary N) is 1. The Morgan fingerprint density at radius 1 is 1.24 bits per heavy atom. The van der Waals surface area contributed by atoms with E-state index in [1.807, 2.05) is 30.3 Å². The number of thiol groups is 1. The van der Waals surface area contributed by atoms with Gasteiger partial charge in [-0.05, 0) is 12.5 Å². The van der Waals surface area contributed by atoms with Gasteiger partial charge in [0.15, 0.2) is 0 Å². The van der Waals surface area contributed by atoms with E-state index in [1.165, 1.54) is 4.90 Å². The summed E-state index contributed by atoms with van der Waals surface area (Å²) in [5.41, 5.74) is 0.806. The van der Waals surface area contributed by atoms with E-state index in [9.17, 15) is 14.4 Å². The van der Waals surface area contributed by atoms with Gasteiger partial charge in [-0.3, -0.25) is 14.5 Å². The molecule has 0 bridgehead atoms. The summed E-state index contributed by atoms with van der Waals surface area (Å²) in [5, 5.41) is 2.07. The number of hydrogen-bond donors (Lipinski definition) is 2. The number of carbonyl (C=O) groups excluding carboxylic acids is 3. The third-order valence-corrected chi connectivity index (χ3v) is 3.74. The quantitative estimate of drug-likeness (QED) is 0.497. The molecule has 7 heteroatoms. The second-order valence-corrected chi connectivity index (χ2v) is 5.12. The molecule has 1 heterocycles. The highest BCUT2D eigenvalue weighted by Crippen LogP contribution is 2.17. The lowest BCUT2D eigenvalue weighted by Crippen LogP contribution is -2.58. The van der Waals surface area contributed by atoms with E-state index in [1.54, 1.807) is 6.92 Å². The van der Waals surface area contributed by atoms with Crippen LogP contribution in [0.3, 0.4) is 0 Å². The number of urea groups is 1. The van der Waals surface area contributed by atoms with Gasteiger partial charge in [0.25, 0.3) is 0 Å². The molecule has 4 amide bonds. The lowest BCUT2D eigenvalue weighted by molar-refractivity contribution is -0.153. The summed E-state index contributed by atoms with van der Waals surface area (Å²) in [5.74, 6) is -1.44. The Kier molecular flexibility index (Phi) is 4.85. The minimum Gasteiger partial charge on any atom is -0.333 e. The molecule has 0 unspecified atom stereocenters. The Labute approximate surface area is 128 Å². The Morgan fingerprint density at radius 3 is 2.52 bits per heavy atom. The third-order valence-electron chi connectivity index (χ3n) is 3.31. The number of nitrogens with zero attached hydrogens (tertiary/aromatic N) is 2. The molecule has 2 rings (SSSR count). The van der Waals surface area contributed by atoms with Gasteiger partial charge in [-0.2, -0.15) is 0 Å². The molecule has 0 aliphatic carbocycles. The van der Waals surface area contributed by atoms with Crippen molar-refractivity contribution >= 4 is 30.5 Å². The van der Waals surface area contributed by atoms with Crippen molar-refractivity contribution in [1.82, 2.24) is 15.1 Å². The molecule has 21 heavy (non-hydrogen) atoms. The summed E-state index contributed by atoms with van der Waals surface area (Å²) >= 11 is 4.30. The number of carbonyl (C=O) groups is 3. The first-order valence-electron chi connectivity index (χ1n) is 6.69. The van der Waals surface area contributed by atoms with Crippen LogP contribution in [0.15, 0.2) is 30.3 Å². The van der Waals surface area contributed by atoms with Gasteiger partial charge in [-0.25, -0.2) is 4.79 Å². The van der Waals surface area contributed by atoms with Crippen LogP contribution in [0.2, 0.25) is 0 Å². The minimum atomic E-state index is -0.797. The van der Waals surface area contributed by atoms with Crippen molar-refractivity contribution < 1.29 is 14.4 Å². The first kappa shape index (κ1) is 15.4. The van der Waals surface area contributed by atoms with Crippen LogP contribution in [0, 0.1) is 0 Å². The van der Waals surface area contributed by atoms with E-state index in [2.05, 4.69) is 17.9 Å². The lowest BCUT2D eigenvalue weighted by atomic mass is 10.2. The van der Waals surface area contributed by atoms with Gasteiger partial charge in [0, 0.05) is 19.6 Å². The smallest absolute Gasteiger partial charge is 0.325 e. The average molecular weight is 307 g/mol. The Bertz CT molecular complexity index is 550. The van der Waals surface area contributed by atoms with Crippen LogP contribution in [0.5, 0.6) is 0 Å². The number of likely N-dealkylation sites (N-methyl/N-ethyl adjacent to an activating group) is 1. The minimum absolute atomic E-state index is 0.194. The maximum atomic E-state index is 12.1. The van der Waals surface area contributed by atoms with E-state index in [4.69, 9.17) is 0 Å². The van der Waals surface area contributed by atoms with Gasteiger partial charge in [0.1, 0.15) is 0 Å². The number of benzene rings is 1. The molecule has 1 aromatic rings. The monoisotopic (exact) mass is 307 g/mol. The number of rotatable bonds is 3. The maximum absolute atomic E-state index is 12.1. The molecular formula is C14H17N3O3S. The van der Waals surface area contributed by atoms with Crippen molar-refractivity contribution in [3.8, 4) is 0 Å². The summed E-state index contributed by atoms with van der Waals surface area (Å²) in [6.45, 7) is 2.80. The SMILES string of the molecule is CCN1CCN(C(=O)N[C@@H](S)c2ccccc2)C(=O)C1=O. The number of hydrogen-bond acceptors (Lipinski definition) is 4. The predicted molar refractivity (Wildman–Crippen MR) is 80.7 cm³/mol. The molecule has 0 radical (unpaired) electrons. The standard InChI is InChI=1S/C14H17N3O3S/c1-2-16-8-9-17(13(19)12(16)18)14(20)15-11(21)10-6-4-3-5-7-10/h3-7,11,21H,2,8-9H2,1H3,(H,15,20)/t11-/m0/s1. The lowest BCUT2D eigenvalue weighted by Gasteiger charge is -2.32. The van der Waals surface area contributed by atoms with Crippen molar-refractivity contribution in [2.45, 2.75) is 12.3 Å². The topological polar surface area (TPSA) is 69.7 Å². The van der Waals surface area contributed by atoms with E-state index in [-0.39, 0.29) is 6.54 Å². The summed E-state index contributed by atoms with van der Waals surface area (Å²) in [6.07, 6.45) is 0. The largest absolute Gasteiger partial charge is 0.333 e. The molecule has 1 atom stereocenters. The molecule has 1 aliphatic heterocycles. The first-order valence-corrected chi connectivity index (χ1v) is 7.20. The zero-order chi connectivity index (χ0) is 15.4. The van der Waals surface area contributed by atoms with E-state index >= 15 is 0 Å². The van der Waals surface area contributed by atoms with Crippen molar-refractivity contribution in [2.75, 3.05) is 19.6 Å². The third kappa shape index (κ3) is 3.36. The van der Waals surface area contributed by atoms with Gasteiger partial charge in [-0.1, -0.05) is 30.3 Å². The van der Waals surface area contributed by atoms with E-state index in [0.717, 1.165) is 10.5 Å². The van der Waals surface area contributed by atoms with Crippen LogP contribution in [-0.4, -0.2) is 47.3 Å². The summed E-state index contributed by atoms with van der Waals surface area (Å²) in [7, 11) is 0. The molecule has 1 N–H and O–H groups in total. The molecule has 1 aliphatic rings. The highest BCUT2D eigenvalue weighted by Gasteiger charge is 2.35. The molecule has 0 spiro atoms. The summed E-state index contributed by atoms with van der Waals surface area (Å²) < 4.78 is 0. The molecule has 112 valence electrons. The molecule has 1 saturated heterocycles. The van der Waals surface area contributed by atoms with Crippen LogP contribution >= 0.6 is 12.6 Å². The van der Waals surface area contributed by atoms with Crippen molar-refractivity contribution in [3.63, 3.8) is 0 Å². The van der Waals surface area contributed by atoms with Crippen molar-refractivity contribution in [2.24, 2.45) is 0 Å². The predicted octanol–water partition coefficient (Wildman–Crippen LogP) is 1.02. The Balaban J connectivity index is 2.01. The van der Waals surface area contributed by atoms with Gasteiger partial charge in [-0.15, -0.1) is 12.6 Å². The number of imide groups is 1. The average Bonchev–Trinajstić information content (AvgIpc) is 2.50. The molecule has 1 aromatic carbocycles. The Hall–Kier alpha value is -2.02. The second-order valence-electron chi connectivity index (χ2n) is 4.60. The normalized spacial score (nSPS) is 16.9. The molecular weight excluding hydrogens is 290 g/mol. The second kappa shape index (κ2) is 6.62. The maximum Gasteiger partial charge on any atom is 0.325 e. The molecule has 0 aromatic heterocycles. The zero-order valence-corrected chi connectivity index (χ0v) is 12.5. The van der Waals surface area contributed by atoms with Crippen molar-refractivity contribution in [3.05, 3.63) is 35.9 Å². The summed E-state index contributed by atoms with van der Waals surface area (Å²) in [4.78, 5) is 38.1. The van der Waals surface area contributed by atoms with Gasteiger partial charge < -0.3 is 10.2 Å². The van der Waals surface area contributed by atoms with Crippen molar-refractivity contribution in [1.29, 1.82) is 0 Å². The van der Waals surface area contributed by atoms with Crippen LogP contribution in [0.1, 0.15) is 17.9 Å². The fourth-order valence-electron chi connectivity index (χ4n) is 2.08. The highest BCUT2D eigenvalue weighted by atomic mass is 32.1. The molecule has 1 fully saturated rings. The zero-order valence-electron chi connectivity index (χ0n) is 11.7. The van der Waals surface area contributed by atoms with Crippen LogP contribution in [0.25, 0.3) is 0 Å². The highest BCUT2D eigenvalue weighted by molar-refractivity contribution is 7.80. The van der Waals surface area contributed by atoms with Crippen LogP contribution < -0.4 is 5.32 Å². The summed E-state index contributed by atoms with van der Waals surface area (Å²) in [6, 6.07) is 8.56. The molecule has 0 saturated carbocycles. The first-order chi connectivity index (χ1) is 10.0. The van der Waals surface area contributed by atoms with Crippen LogP contribution in [-0.2, 0) is 9.59 Å².